The second-order valence-electron chi connectivity index (χ2n) is 8.05. The number of aliphatic imine (C=N–C) groups is 1. The number of hydrazone groups is 1. The van der Waals surface area contributed by atoms with Gasteiger partial charge in [-0.2, -0.15) is 5.10 Å². The Balaban J connectivity index is 1.44. The van der Waals surface area contributed by atoms with E-state index in [0.717, 1.165) is 40.4 Å². The van der Waals surface area contributed by atoms with Gasteiger partial charge in [0.15, 0.2) is 0 Å². The Kier molecular flexibility index (Phi) is 6.72. The van der Waals surface area contributed by atoms with Gasteiger partial charge in [-0.1, -0.05) is 48.5 Å². The minimum absolute atomic E-state index is 0.150. The van der Waals surface area contributed by atoms with Crippen LogP contribution in [0.15, 0.2) is 113 Å². The van der Waals surface area contributed by atoms with Crippen LogP contribution in [0.2, 0.25) is 0 Å². The van der Waals surface area contributed by atoms with Gasteiger partial charge in [0.2, 0.25) is 0 Å². The molecule has 1 heterocycles. The zero-order valence-electron chi connectivity index (χ0n) is 18.8. The van der Waals surface area contributed by atoms with Crippen LogP contribution in [0.5, 0.6) is 5.75 Å². The number of para-hydroxylation sites is 1. The number of nitrogens with zero attached hydrogens (tertiary/aromatic N) is 3. The van der Waals surface area contributed by atoms with Crippen LogP contribution in [0.3, 0.4) is 0 Å². The molecule has 0 saturated heterocycles. The van der Waals surface area contributed by atoms with Crippen molar-refractivity contribution in [2.75, 3.05) is 12.1 Å². The molecular formula is C29H24IN3O. The molecule has 0 bridgehead atoms. The molecule has 1 aliphatic heterocycles. The monoisotopic (exact) mass is 557 g/mol. The van der Waals surface area contributed by atoms with Crippen LogP contribution in [0, 0.1) is 3.57 Å². The topological polar surface area (TPSA) is 37.2 Å². The highest BCUT2D eigenvalue weighted by molar-refractivity contribution is 14.1. The first-order chi connectivity index (χ1) is 16.7. The van der Waals surface area contributed by atoms with Crippen LogP contribution >= 0.6 is 22.6 Å². The first kappa shape index (κ1) is 22.3. The Morgan fingerprint density at radius 1 is 0.912 bits per heavy atom. The van der Waals surface area contributed by atoms with Crippen LogP contribution in [-0.4, -0.2) is 19.0 Å². The third-order valence-corrected chi connectivity index (χ3v) is 6.84. The second kappa shape index (κ2) is 10.2. The van der Waals surface area contributed by atoms with Gasteiger partial charge in [-0.15, -0.1) is 0 Å². The van der Waals surface area contributed by atoms with E-state index in [-0.39, 0.29) is 6.04 Å². The van der Waals surface area contributed by atoms with E-state index in [1.165, 1.54) is 9.13 Å². The van der Waals surface area contributed by atoms with Crippen molar-refractivity contribution in [2.45, 2.75) is 12.5 Å². The third-order valence-electron chi connectivity index (χ3n) is 5.85. The number of rotatable bonds is 6. The molecule has 0 amide bonds. The van der Waals surface area contributed by atoms with Crippen LogP contribution in [0.1, 0.15) is 29.2 Å². The molecule has 0 aliphatic carbocycles. The Hall–Kier alpha value is -3.45. The lowest BCUT2D eigenvalue weighted by molar-refractivity contribution is 0.415. The molecule has 4 aromatic rings. The Morgan fingerprint density at radius 2 is 1.68 bits per heavy atom. The second-order valence-corrected chi connectivity index (χ2v) is 9.21. The average Bonchev–Trinajstić information content (AvgIpc) is 3.34. The van der Waals surface area contributed by atoms with Gasteiger partial charge in [0, 0.05) is 16.2 Å². The standard InChI is InChI=1S/C29H24IN3O/c1-34-25-16-14-21(15-17-25)20-31-23-9-7-8-22(18-23)28-19-29(26-12-5-6-13-27(26)30)33(32-28)24-10-3-2-4-11-24/h2-18,20,29H,19H2,1H3. The third kappa shape index (κ3) is 4.89. The maximum atomic E-state index is 5.23. The highest BCUT2D eigenvalue weighted by Gasteiger charge is 2.31. The zero-order valence-corrected chi connectivity index (χ0v) is 21.0. The van der Waals surface area contributed by atoms with E-state index in [1.54, 1.807) is 7.11 Å². The number of methoxy groups -OCH3 is 1. The molecule has 1 atom stereocenters. The molecule has 0 saturated carbocycles. The van der Waals surface area contributed by atoms with Gasteiger partial charge >= 0.3 is 0 Å². The van der Waals surface area contributed by atoms with Gasteiger partial charge in [0.1, 0.15) is 5.75 Å². The van der Waals surface area contributed by atoms with Gasteiger partial charge in [0.05, 0.1) is 30.2 Å². The number of hydrogen-bond acceptors (Lipinski definition) is 4. The van der Waals surface area contributed by atoms with Gasteiger partial charge in [0.25, 0.3) is 0 Å². The van der Waals surface area contributed by atoms with Crippen molar-refractivity contribution in [3.63, 3.8) is 0 Å². The number of anilines is 1. The van der Waals surface area contributed by atoms with Crippen LogP contribution in [0.25, 0.3) is 0 Å². The van der Waals surface area contributed by atoms with Crippen molar-refractivity contribution >= 4 is 45.9 Å². The maximum Gasteiger partial charge on any atom is 0.118 e. The minimum Gasteiger partial charge on any atom is -0.497 e. The normalized spacial score (nSPS) is 15.5. The molecule has 0 aromatic heterocycles. The maximum absolute atomic E-state index is 5.23. The summed E-state index contributed by atoms with van der Waals surface area (Å²) >= 11 is 2.42. The summed E-state index contributed by atoms with van der Waals surface area (Å²) in [5.41, 5.74) is 6.47. The minimum atomic E-state index is 0.150. The summed E-state index contributed by atoms with van der Waals surface area (Å²) in [4.78, 5) is 4.70. The SMILES string of the molecule is COc1ccc(C=Nc2cccc(C3=NN(c4ccccc4)C(c4ccccc4I)C3)c2)cc1. The Labute approximate surface area is 213 Å². The largest absolute Gasteiger partial charge is 0.497 e. The lowest BCUT2D eigenvalue weighted by atomic mass is 9.98. The van der Waals surface area contributed by atoms with Crippen molar-refractivity contribution in [3.8, 4) is 5.75 Å². The first-order valence-electron chi connectivity index (χ1n) is 11.2. The smallest absolute Gasteiger partial charge is 0.118 e. The van der Waals surface area contributed by atoms with E-state index in [4.69, 9.17) is 14.8 Å². The summed E-state index contributed by atoms with van der Waals surface area (Å²) in [5, 5.41) is 7.24. The fourth-order valence-corrected chi connectivity index (χ4v) is 4.84. The van der Waals surface area contributed by atoms with Gasteiger partial charge in [-0.25, -0.2) is 0 Å². The highest BCUT2D eigenvalue weighted by atomic mass is 127. The summed E-state index contributed by atoms with van der Waals surface area (Å²) in [7, 11) is 1.67. The average molecular weight is 557 g/mol. The van der Waals surface area contributed by atoms with E-state index >= 15 is 0 Å². The Morgan fingerprint density at radius 3 is 2.44 bits per heavy atom. The lowest BCUT2D eigenvalue weighted by Crippen LogP contribution is -2.19. The summed E-state index contributed by atoms with van der Waals surface area (Å²) in [6, 6.07) is 35.3. The predicted octanol–water partition coefficient (Wildman–Crippen LogP) is 7.41. The van der Waals surface area contributed by atoms with Gasteiger partial charge in [-0.3, -0.25) is 10.0 Å². The molecule has 0 fully saturated rings. The molecule has 4 aromatic carbocycles. The molecule has 34 heavy (non-hydrogen) atoms. The van der Waals surface area contributed by atoms with Crippen molar-refractivity contribution in [1.29, 1.82) is 0 Å². The van der Waals surface area contributed by atoms with E-state index in [9.17, 15) is 0 Å². The van der Waals surface area contributed by atoms with Crippen molar-refractivity contribution in [2.24, 2.45) is 10.1 Å². The van der Waals surface area contributed by atoms with E-state index < -0.39 is 0 Å². The fourth-order valence-electron chi connectivity index (χ4n) is 4.10. The van der Waals surface area contributed by atoms with Gasteiger partial charge < -0.3 is 4.74 Å². The predicted molar refractivity (Wildman–Crippen MR) is 149 cm³/mol. The molecule has 168 valence electrons. The number of ether oxygens (including phenoxy) is 1. The molecule has 0 N–H and O–H groups in total. The molecule has 5 heteroatoms. The molecule has 1 unspecified atom stereocenters. The zero-order chi connectivity index (χ0) is 23.3. The van der Waals surface area contributed by atoms with Crippen LogP contribution in [-0.2, 0) is 0 Å². The van der Waals surface area contributed by atoms with Gasteiger partial charge in [-0.05, 0) is 93.9 Å². The highest BCUT2D eigenvalue weighted by Crippen LogP contribution is 2.38. The Bertz CT molecular complexity index is 1330. The summed E-state index contributed by atoms with van der Waals surface area (Å²) in [6.07, 6.45) is 2.71. The van der Waals surface area contributed by atoms with Crippen LogP contribution < -0.4 is 9.75 Å². The molecule has 5 rings (SSSR count). The number of halogens is 1. The molecule has 4 nitrogen and oxygen atoms in total. The van der Waals surface area contributed by atoms with Crippen molar-refractivity contribution in [3.05, 3.63) is 123 Å². The molecule has 0 radical (unpaired) electrons. The molecule has 1 aliphatic rings. The lowest BCUT2D eigenvalue weighted by Gasteiger charge is -2.24. The quantitative estimate of drug-likeness (QED) is 0.183. The molecular weight excluding hydrogens is 533 g/mol. The van der Waals surface area contributed by atoms with Crippen LogP contribution in [0.4, 0.5) is 11.4 Å². The first-order valence-corrected chi connectivity index (χ1v) is 12.2. The van der Waals surface area contributed by atoms with Crippen molar-refractivity contribution in [1.82, 2.24) is 0 Å². The van der Waals surface area contributed by atoms with E-state index in [0.29, 0.717) is 0 Å². The fraction of sp³-hybridized carbons (Fsp3) is 0.103. The summed E-state index contributed by atoms with van der Waals surface area (Å²) < 4.78 is 6.48. The molecule has 0 spiro atoms. The summed E-state index contributed by atoms with van der Waals surface area (Å²) in [6.45, 7) is 0. The van der Waals surface area contributed by atoms with E-state index in [2.05, 4.69) is 88.3 Å². The van der Waals surface area contributed by atoms with E-state index in [1.807, 2.05) is 48.7 Å². The number of hydrogen-bond donors (Lipinski definition) is 0. The number of benzene rings is 4. The van der Waals surface area contributed by atoms with Crippen molar-refractivity contribution < 1.29 is 4.74 Å². The summed E-state index contributed by atoms with van der Waals surface area (Å²) in [5.74, 6) is 0.837.